The molecule has 0 spiro atoms. The summed E-state index contributed by atoms with van der Waals surface area (Å²) in [6.07, 6.45) is 2.27. The summed E-state index contributed by atoms with van der Waals surface area (Å²) in [5.41, 5.74) is 4.17. The van der Waals surface area contributed by atoms with Gasteiger partial charge in [-0.1, -0.05) is 42.1 Å². The Bertz CT molecular complexity index is 334. The molecule has 1 aromatic carbocycles. The van der Waals surface area contributed by atoms with E-state index in [1.165, 1.54) is 0 Å². The van der Waals surface area contributed by atoms with E-state index in [0.29, 0.717) is 12.1 Å². The Labute approximate surface area is 77.5 Å². The third-order valence-electron chi connectivity index (χ3n) is 1.67. The molecular weight excluding hydrogens is 162 g/mol. The van der Waals surface area contributed by atoms with Gasteiger partial charge in [0.25, 0.3) is 0 Å². The molecule has 0 fully saturated rings. The maximum atomic E-state index is 8.73. The minimum atomic E-state index is 0.546. The van der Waals surface area contributed by atoms with Gasteiger partial charge in [0, 0.05) is 6.42 Å². The zero-order valence-corrected chi connectivity index (χ0v) is 7.27. The zero-order valence-electron chi connectivity index (χ0n) is 7.27. The second kappa shape index (κ2) is 4.96. The van der Waals surface area contributed by atoms with E-state index in [0.717, 1.165) is 5.56 Å². The highest BCUT2D eigenvalue weighted by molar-refractivity contribution is 6.00. The molecule has 2 heteroatoms. The van der Waals surface area contributed by atoms with E-state index in [1.54, 1.807) is 6.08 Å². The largest absolute Gasteiger partial charge is 0.411 e. The van der Waals surface area contributed by atoms with Crippen molar-refractivity contribution >= 4 is 5.71 Å². The van der Waals surface area contributed by atoms with Crippen LogP contribution in [-0.4, -0.2) is 10.9 Å². The molecule has 0 saturated heterocycles. The smallest absolute Gasteiger partial charge is 0.0911 e. The molecule has 0 aliphatic heterocycles. The number of allylic oxidation sites excluding steroid dienone is 1. The lowest BCUT2D eigenvalue weighted by atomic mass is 10.1. The van der Waals surface area contributed by atoms with Crippen LogP contribution in [-0.2, 0) is 0 Å². The Hall–Kier alpha value is -1.79. The molecule has 2 nitrogen and oxygen atoms in total. The van der Waals surface area contributed by atoms with Crippen molar-refractivity contribution in [3.05, 3.63) is 54.3 Å². The van der Waals surface area contributed by atoms with E-state index < -0.39 is 0 Å². The second-order valence-electron chi connectivity index (χ2n) is 2.53. The minimum absolute atomic E-state index is 0.546. The van der Waals surface area contributed by atoms with Crippen molar-refractivity contribution in [3.8, 4) is 0 Å². The Morgan fingerprint density at radius 2 is 2.15 bits per heavy atom. The third-order valence-corrected chi connectivity index (χ3v) is 1.67. The SMILES string of the molecule is C=C=CC/C(=N/O)c1ccccc1. The highest BCUT2D eigenvalue weighted by atomic mass is 16.4. The first kappa shape index (κ1) is 9.30. The van der Waals surface area contributed by atoms with Crippen molar-refractivity contribution in [1.29, 1.82) is 0 Å². The standard InChI is InChI=1S/C11H11NO/c1-2-3-9-11(12-13)10-7-5-4-6-8-10/h3-8,13H,1,9H2/b12-11-. The van der Waals surface area contributed by atoms with Gasteiger partial charge in [0.2, 0.25) is 0 Å². The van der Waals surface area contributed by atoms with E-state index >= 15 is 0 Å². The summed E-state index contributed by atoms with van der Waals surface area (Å²) in [5.74, 6) is 0. The maximum Gasteiger partial charge on any atom is 0.0911 e. The van der Waals surface area contributed by atoms with Gasteiger partial charge in [0.1, 0.15) is 0 Å². The molecule has 0 aromatic heterocycles. The number of rotatable bonds is 3. The molecule has 1 aromatic rings. The Balaban J connectivity index is 2.86. The van der Waals surface area contributed by atoms with Gasteiger partial charge in [-0.15, -0.1) is 5.73 Å². The van der Waals surface area contributed by atoms with Crippen molar-refractivity contribution in [2.45, 2.75) is 6.42 Å². The number of hydrogen-bond donors (Lipinski definition) is 1. The van der Waals surface area contributed by atoms with E-state index in [2.05, 4.69) is 17.5 Å². The van der Waals surface area contributed by atoms with Crippen LogP contribution in [0.2, 0.25) is 0 Å². The van der Waals surface area contributed by atoms with E-state index in [-0.39, 0.29) is 0 Å². The number of oxime groups is 1. The lowest BCUT2D eigenvalue weighted by Crippen LogP contribution is -1.98. The van der Waals surface area contributed by atoms with E-state index in [4.69, 9.17) is 5.21 Å². The molecule has 0 unspecified atom stereocenters. The Kier molecular flexibility index (Phi) is 3.55. The normalized spacial score (nSPS) is 10.6. The summed E-state index contributed by atoms with van der Waals surface area (Å²) in [5, 5.41) is 11.9. The first-order valence-electron chi connectivity index (χ1n) is 3.99. The summed E-state index contributed by atoms with van der Waals surface area (Å²) in [4.78, 5) is 0. The van der Waals surface area contributed by atoms with Crippen LogP contribution in [0.3, 0.4) is 0 Å². The van der Waals surface area contributed by atoms with Crippen LogP contribution in [0, 0.1) is 0 Å². The molecule has 0 saturated carbocycles. The van der Waals surface area contributed by atoms with Crippen LogP contribution in [0.25, 0.3) is 0 Å². The highest BCUT2D eigenvalue weighted by Crippen LogP contribution is 2.04. The molecule has 0 bridgehead atoms. The molecule has 66 valence electrons. The van der Waals surface area contributed by atoms with Crippen molar-refractivity contribution in [1.82, 2.24) is 0 Å². The molecule has 0 radical (unpaired) electrons. The van der Waals surface area contributed by atoms with Crippen LogP contribution in [0.4, 0.5) is 0 Å². The summed E-state index contributed by atoms with van der Waals surface area (Å²) in [6, 6.07) is 9.51. The fourth-order valence-corrected chi connectivity index (χ4v) is 1.02. The van der Waals surface area contributed by atoms with Gasteiger partial charge in [-0.2, -0.15) is 0 Å². The van der Waals surface area contributed by atoms with E-state index in [1.807, 2.05) is 30.3 Å². The fraction of sp³-hybridized carbons (Fsp3) is 0.0909. The number of nitrogens with zero attached hydrogens (tertiary/aromatic N) is 1. The summed E-state index contributed by atoms with van der Waals surface area (Å²) in [7, 11) is 0. The van der Waals surface area contributed by atoms with Gasteiger partial charge in [-0.05, 0) is 11.6 Å². The number of benzene rings is 1. The Morgan fingerprint density at radius 3 is 2.69 bits per heavy atom. The van der Waals surface area contributed by atoms with Gasteiger partial charge in [0.15, 0.2) is 0 Å². The predicted octanol–water partition coefficient (Wildman–Crippen LogP) is 2.60. The van der Waals surface area contributed by atoms with Gasteiger partial charge in [-0.25, -0.2) is 0 Å². The van der Waals surface area contributed by atoms with Crippen molar-refractivity contribution in [2.75, 3.05) is 0 Å². The van der Waals surface area contributed by atoms with Crippen molar-refractivity contribution in [2.24, 2.45) is 5.16 Å². The molecule has 13 heavy (non-hydrogen) atoms. The summed E-state index contributed by atoms with van der Waals surface area (Å²) in [6.45, 7) is 3.44. The molecule has 1 rings (SSSR count). The molecule has 0 aliphatic rings. The number of hydrogen-bond acceptors (Lipinski definition) is 2. The fourth-order valence-electron chi connectivity index (χ4n) is 1.02. The monoisotopic (exact) mass is 173 g/mol. The molecule has 0 aliphatic carbocycles. The van der Waals surface area contributed by atoms with Crippen LogP contribution in [0.1, 0.15) is 12.0 Å². The van der Waals surface area contributed by atoms with Crippen LogP contribution in [0.5, 0.6) is 0 Å². The highest BCUT2D eigenvalue weighted by Gasteiger charge is 1.99. The van der Waals surface area contributed by atoms with Gasteiger partial charge < -0.3 is 5.21 Å². The molecular formula is C11H11NO. The van der Waals surface area contributed by atoms with Gasteiger partial charge in [0.05, 0.1) is 5.71 Å². The second-order valence-corrected chi connectivity index (χ2v) is 2.53. The van der Waals surface area contributed by atoms with Gasteiger partial charge in [-0.3, -0.25) is 0 Å². The molecule has 0 heterocycles. The van der Waals surface area contributed by atoms with Gasteiger partial charge >= 0.3 is 0 Å². The van der Waals surface area contributed by atoms with Crippen molar-refractivity contribution < 1.29 is 5.21 Å². The first-order valence-corrected chi connectivity index (χ1v) is 3.99. The third kappa shape index (κ3) is 2.62. The van der Waals surface area contributed by atoms with E-state index in [9.17, 15) is 0 Å². The average molecular weight is 173 g/mol. The zero-order chi connectivity index (χ0) is 9.52. The maximum absolute atomic E-state index is 8.73. The summed E-state index contributed by atoms with van der Waals surface area (Å²) < 4.78 is 0. The first-order chi connectivity index (χ1) is 6.38. The minimum Gasteiger partial charge on any atom is -0.411 e. The molecule has 1 N–H and O–H groups in total. The van der Waals surface area contributed by atoms with Crippen LogP contribution < -0.4 is 0 Å². The quantitative estimate of drug-likeness (QED) is 0.324. The van der Waals surface area contributed by atoms with Crippen LogP contribution in [0.15, 0.2) is 53.9 Å². The summed E-state index contributed by atoms with van der Waals surface area (Å²) >= 11 is 0. The molecule has 0 amide bonds. The Morgan fingerprint density at radius 1 is 1.46 bits per heavy atom. The topological polar surface area (TPSA) is 32.6 Å². The average Bonchev–Trinajstić information content (AvgIpc) is 2.21. The lowest BCUT2D eigenvalue weighted by Gasteiger charge is -1.99. The molecule has 0 atom stereocenters. The predicted molar refractivity (Wildman–Crippen MR) is 53.1 cm³/mol. The van der Waals surface area contributed by atoms with Crippen molar-refractivity contribution in [3.63, 3.8) is 0 Å². The lowest BCUT2D eigenvalue weighted by molar-refractivity contribution is 0.318. The van der Waals surface area contributed by atoms with Crippen LogP contribution >= 0.6 is 0 Å².